The average Bonchev–Trinajstić information content (AvgIpc) is 2.95. The highest BCUT2D eigenvalue weighted by molar-refractivity contribution is 5.79. The lowest BCUT2D eigenvalue weighted by atomic mass is 10.1. The largest absolute Gasteiger partial charge is 0.326 e. The summed E-state index contributed by atoms with van der Waals surface area (Å²) in [5.74, 6) is 0. The molecule has 4 rings (SSSR count). The van der Waals surface area contributed by atoms with E-state index < -0.39 is 0 Å². The Morgan fingerprint density at radius 3 is 0.750 bits per heavy atom. The van der Waals surface area contributed by atoms with Gasteiger partial charge in [0.1, 0.15) is 0 Å². The minimum absolute atomic E-state index is 0.984. The molecule has 4 aromatic rings. The molecule has 6 nitrogen and oxygen atoms in total. The Morgan fingerprint density at radius 1 is 0.364 bits per heavy atom. The van der Waals surface area contributed by atoms with Gasteiger partial charge in [0.2, 0.25) is 0 Å². The number of hydrogen-bond acceptors (Lipinski definition) is 4. The molecule has 0 aliphatic heterocycles. The number of rotatable bonds is 8. The predicted octanol–water partition coefficient (Wildman–Crippen LogP) is 9.74. The molecule has 0 unspecified atom stereocenters. The Labute approximate surface area is 264 Å². The Hall–Kier alpha value is -4.84. The Bertz CT molecular complexity index is 1430. The van der Waals surface area contributed by atoms with Crippen LogP contribution in [0, 0.1) is 55.4 Å². The van der Waals surface area contributed by atoms with Gasteiger partial charge in [-0.25, -0.2) is 20.0 Å². The van der Waals surface area contributed by atoms with Crippen LogP contribution in [0.2, 0.25) is 0 Å². The monoisotopic (exact) mass is 586 g/mol. The van der Waals surface area contributed by atoms with Crippen LogP contribution >= 0.6 is 0 Å². The van der Waals surface area contributed by atoms with E-state index in [1.807, 2.05) is 48.2 Å². The van der Waals surface area contributed by atoms with Crippen LogP contribution in [0.25, 0.3) is 0 Å². The van der Waals surface area contributed by atoms with E-state index in [4.69, 9.17) is 0 Å². The molecule has 0 spiro atoms. The molecule has 6 heteroatoms. The lowest BCUT2D eigenvalue weighted by Gasteiger charge is -2.07. The minimum atomic E-state index is 0.984. The molecule has 0 atom stereocenters. The number of aliphatic imine (C=N–C) groups is 4. The SMILES string of the molecule is Cc1ccc(/N=C/N(C)/C=N/c2ccc(C)cc2C)c(C)c1.Cc1ccc(/N=C/N(C)/C=N/c2ccc(C)cc2C)c(C)c1. The Balaban J connectivity index is 0.000000240. The van der Waals surface area contributed by atoms with Crippen molar-refractivity contribution in [1.29, 1.82) is 0 Å². The van der Waals surface area contributed by atoms with Crippen molar-refractivity contribution in [3.05, 3.63) is 117 Å². The molecule has 4 aromatic carbocycles. The van der Waals surface area contributed by atoms with Crippen molar-refractivity contribution < 1.29 is 0 Å². The molecule has 0 aromatic heterocycles. The van der Waals surface area contributed by atoms with E-state index in [2.05, 4.69) is 124 Å². The first-order valence-electron chi connectivity index (χ1n) is 14.8. The van der Waals surface area contributed by atoms with Gasteiger partial charge in [0.15, 0.2) is 0 Å². The van der Waals surface area contributed by atoms with Crippen molar-refractivity contribution in [1.82, 2.24) is 9.80 Å². The summed E-state index contributed by atoms with van der Waals surface area (Å²) in [5, 5.41) is 0. The van der Waals surface area contributed by atoms with Crippen LogP contribution in [0.5, 0.6) is 0 Å². The molecule has 0 aliphatic carbocycles. The number of hydrogen-bond donors (Lipinski definition) is 0. The van der Waals surface area contributed by atoms with Crippen LogP contribution in [0.15, 0.2) is 92.8 Å². The molecule has 0 N–H and O–H groups in total. The molecule has 0 fully saturated rings. The molecule has 0 aliphatic rings. The smallest absolute Gasteiger partial charge is 0.0961 e. The number of nitrogens with zero attached hydrogens (tertiary/aromatic N) is 6. The molecule has 0 saturated carbocycles. The normalized spacial score (nSPS) is 11.5. The molecule has 0 heterocycles. The third-order valence-electron chi connectivity index (χ3n) is 6.93. The van der Waals surface area contributed by atoms with E-state index in [0.717, 1.165) is 22.7 Å². The quantitative estimate of drug-likeness (QED) is 0.152. The highest BCUT2D eigenvalue weighted by Crippen LogP contribution is 2.21. The van der Waals surface area contributed by atoms with Gasteiger partial charge in [-0.15, -0.1) is 0 Å². The third kappa shape index (κ3) is 10.8. The fourth-order valence-electron chi connectivity index (χ4n) is 4.47. The maximum absolute atomic E-state index is 4.51. The highest BCUT2D eigenvalue weighted by Gasteiger charge is 1.99. The van der Waals surface area contributed by atoms with Gasteiger partial charge in [0.25, 0.3) is 0 Å². The molecule has 228 valence electrons. The molecule has 0 bridgehead atoms. The fourth-order valence-corrected chi connectivity index (χ4v) is 4.47. The number of aryl methyl sites for hydroxylation is 8. The molecular formula is C38H46N6. The van der Waals surface area contributed by atoms with Crippen molar-refractivity contribution in [2.24, 2.45) is 20.0 Å². The lowest BCUT2D eigenvalue weighted by Crippen LogP contribution is -2.12. The van der Waals surface area contributed by atoms with Crippen molar-refractivity contribution >= 4 is 48.1 Å². The summed E-state index contributed by atoms with van der Waals surface area (Å²) in [5.41, 5.74) is 13.6. The maximum Gasteiger partial charge on any atom is 0.0961 e. The van der Waals surface area contributed by atoms with Crippen molar-refractivity contribution in [2.45, 2.75) is 55.4 Å². The second-order valence-electron chi connectivity index (χ2n) is 11.5. The van der Waals surface area contributed by atoms with Gasteiger partial charge in [-0.05, 0) is 102 Å². The predicted molar refractivity (Wildman–Crippen MR) is 192 cm³/mol. The van der Waals surface area contributed by atoms with Gasteiger partial charge >= 0.3 is 0 Å². The summed E-state index contributed by atoms with van der Waals surface area (Å²) >= 11 is 0. The summed E-state index contributed by atoms with van der Waals surface area (Å²) in [6, 6.07) is 25.0. The first kappa shape index (κ1) is 33.7. The molecule has 44 heavy (non-hydrogen) atoms. The number of benzene rings is 4. The zero-order chi connectivity index (χ0) is 32.2. The van der Waals surface area contributed by atoms with Crippen molar-refractivity contribution in [3.8, 4) is 0 Å². The first-order chi connectivity index (χ1) is 20.9. The van der Waals surface area contributed by atoms with Crippen LogP contribution in [0.3, 0.4) is 0 Å². The summed E-state index contributed by atoms with van der Waals surface area (Å²) < 4.78 is 0. The lowest BCUT2D eigenvalue weighted by molar-refractivity contribution is 0.801. The van der Waals surface area contributed by atoms with E-state index in [1.54, 1.807) is 25.4 Å². The first-order valence-corrected chi connectivity index (χ1v) is 14.8. The van der Waals surface area contributed by atoms with E-state index >= 15 is 0 Å². The average molecular weight is 587 g/mol. The van der Waals surface area contributed by atoms with E-state index in [-0.39, 0.29) is 0 Å². The Morgan fingerprint density at radius 2 is 0.568 bits per heavy atom. The summed E-state index contributed by atoms with van der Waals surface area (Å²) in [6.07, 6.45) is 7.13. The second kappa shape index (κ2) is 16.1. The zero-order valence-corrected chi connectivity index (χ0v) is 27.9. The van der Waals surface area contributed by atoms with Crippen molar-refractivity contribution in [2.75, 3.05) is 14.1 Å². The van der Waals surface area contributed by atoms with E-state index in [0.29, 0.717) is 0 Å². The van der Waals surface area contributed by atoms with Crippen LogP contribution in [0.4, 0.5) is 22.7 Å². The third-order valence-corrected chi connectivity index (χ3v) is 6.93. The molecular weight excluding hydrogens is 540 g/mol. The summed E-state index contributed by atoms with van der Waals surface area (Å²) in [6.45, 7) is 16.6. The van der Waals surface area contributed by atoms with Crippen LogP contribution < -0.4 is 0 Å². The van der Waals surface area contributed by atoms with Gasteiger partial charge in [-0.3, -0.25) is 0 Å². The summed E-state index contributed by atoms with van der Waals surface area (Å²) in [4.78, 5) is 21.7. The van der Waals surface area contributed by atoms with Gasteiger partial charge in [0, 0.05) is 14.1 Å². The van der Waals surface area contributed by atoms with E-state index in [1.165, 1.54) is 44.5 Å². The van der Waals surface area contributed by atoms with Gasteiger partial charge in [-0.2, -0.15) is 0 Å². The van der Waals surface area contributed by atoms with Gasteiger partial charge in [-0.1, -0.05) is 70.8 Å². The van der Waals surface area contributed by atoms with E-state index in [9.17, 15) is 0 Å². The summed E-state index contributed by atoms with van der Waals surface area (Å²) in [7, 11) is 3.86. The van der Waals surface area contributed by atoms with Crippen LogP contribution in [-0.4, -0.2) is 49.2 Å². The Kier molecular flexibility index (Phi) is 12.3. The van der Waals surface area contributed by atoms with Crippen LogP contribution in [0.1, 0.15) is 44.5 Å². The van der Waals surface area contributed by atoms with Crippen LogP contribution in [-0.2, 0) is 0 Å². The maximum atomic E-state index is 4.51. The standard InChI is InChI=1S/2C19H23N3/c2*1-14-6-8-18(16(3)10-14)20-12-22(5)13-21-19-9-7-15(2)11-17(19)4/h2*6-13H,1-5H3/b2*20-12+,21-13+. The fraction of sp³-hybridized carbons (Fsp3) is 0.263. The van der Waals surface area contributed by atoms with Crippen molar-refractivity contribution in [3.63, 3.8) is 0 Å². The molecule has 0 saturated heterocycles. The van der Waals surface area contributed by atoms with Gasteiger partial charge in [0.05, 0.1) is 48.1 Å². The molecule has 0 radical (unpaired) electrons. The minimum Gasteiger partial charge on any atom is -0.326 e. The topological polar surface area (TPSA) is 55.9 Å². The highest BCUT2D eigenvalue weighted by atomic mass is 15.1. The second-order valence-corrected chi connectivity index (χ2v) is 11.5. The van der Waals surface area contributed by atoms with Gasteiger partial charge < -0.3 is 9.80 Å². The zero-order valence-electron chi connectivity index (χ0n) is 27.9. The molecule has 0 amide bonds.